The summed E-state index contributed by atoms with van der Waals surface area (Å²) >= 11 is 0. The summed E-state index contributed by atoms with van der Waals surface area (Å²) in [5, 5.41) is -0.730. The fourth-order valence-corrected chi connectivity index (χ4v) is 2.73. The molecule has 23 heavy (non-hydrogen) atoms. The van der Waals surface area contributed by atoms with E-state index in [0.717, 1.165) is 19.3 Å². The lowest BCUT2D eigenvalue weighted by atomic mass is 10.3. The molecule has 0 aromatic carbocycles. The van der Waals surface area contributed by atoms with Crippen LogP contribution in [0.4, 0.5) is 0 Å². The number of pyridine rings is 1. The van der Waals surface area contributed by atoms with Crippen molar-refractivity contribution in [2.75, 3.05) is 13.2 Å². The van der Waals surface area contributed by atoms with E-state index in [4.69, 9.17) is 9.47 Å². The first-order valence-electron chi connectivity index (χ1n) is 7.87. The predicted octanol–water partition coefficient (Wildman–Crippen LogP) is 2.14. The molecule has 1 aromatic heterocycles. The molecule has 1 N–H and O–H groups in total. The SMILES string of the molecule is CCCCOC(=O)C(C)S(=O)Cc1cc(=O)c(OCCC)c[nH]1. The summed E-state index contributed by atoms with van der Waals surface area (Å²) in [5.74, 6) is -0.136. The second kappa shape index (κ2) is 10.2. The number of hydrogen-bond acceptors (Lipinski definition) is 5. The molecular weight excluding hydrogens is 318 g/mol. The van der Waals surface area contributed by atoms with Gasteiger partial charge in [0.25, 0.3) is 0 Å². The maximum absolute atomic E-state index is 12.2. The van der Waals surface area contributed by atoms with Crippen LogP contribution in [0.3, 0.4) is 0 Å². The average Bonchev–Trinajstić information content (AvgIpc) is 2.53. The van der Waals surface area contributed by atoms with Gasteiger partial charge in [-0.05, 0) is 19.8 Å². The molecule has 130 valence electrons. The van der Waals surface area contributed by atoms with Gasteiger partial charge >= 0.3 is 5.97 Å². The lowest BCUT2D eigenvalue weighted by Gasteiger charge is -2.11. The smallest absolute Gasteiger partial charge is 0.321 e. The molecule has 0 bridgehead atoms. The molecule has 0 spiro atoms. The predicted molar refractivity (Wildman–Crippen MR) is 90.0 cm³/mol. The van der Waals surface area contributed by atoms with Gasteiger partial charge in [-0.15, -0.1) is 0 Å². The van der Waals surface area contributed by atoms with Gasteiger partial charge in [-0.2, -0.15) is 0 Å². The summed E-state index contributed by atoms with van der Waals surface area (Å²) in [6.45, 7) is 6.33. The Kier molecular flexibility index (Phi) is 8.61. The molecule has 7 heteroatoms. The summed E-state index contributed by atoms with van der Waals surface area (Å²) in [5.41, 5.74) is 0.243. The number of H-pyrrole nitrogens is 1. The van der Waals surface area contributed by atoms with Crippen LogP contribution in [-0.4, -0.2) is 33.6 Å². The van der Waals surface area contributed by atoms with Crippen molar-refractivity contribution in [1.82, 2.24) is 4.98 Å². The first-order valence-corrected chi connectivity index (χ1v) is 9.26. The highest BCUT2D eigenvalue weighted by Gasteiger charge is 2.22. The van der Waals surface area contributed by atoms with Crippen molar-refractivity contribution in [2.24, 2.45) is 0 Å². The molecule has 0 saturated carbocycles. The van der Waals surface area contributed by atoms with Crippen molar-refractivity contribution in [3.63, 3.8) is 0 Å². The number of carbonyl (C=O) groups is 1. The Labute approximate surface area is 139 Å². The van der Waals surface area contributed by atoms with Crippen molar-refractivity contribution in [2.45, 2.75) is 51.0 Å². The van der Waals surface area contributed by atoms with Crippen LogP contribution in [0.15, 0.2) is 17.1 Å². The molecule has 2 atom stereocenters. The first-order chi connectivity index (χ1) is 11.0. The quantitative estimate of drug-likeness (QED) is 0.520. The van der Waals surface area contributed by atoms with Gasteiger partial charge in [0.15, 0.2) is 5.75 Å². The van der Waals surface area contributed by atoms with Gasteiger partial charge in [-0.25, -0.2) is 0 Å². The number of unbranched alkanes of at least 4 members (excludes halogenated alkanes) is 1. The summed E-state index contributed by atoms with van der Waals surface area (Å²) in [4.78, 5) is 26.5. The van der Waals surface area contributed by atoms with Crippen molar-refractivity contribution < 1.29 is 18.5 Å². The van der Waals surface area contributed by atoms with Crippen LogP contribution in [0.5, 0.6) is 5.75 Å². The van der Waals surface area contributed by atoms with E-state index in [2.05, 4.69) is 4.98 Å². The zero-order valence-electron chi connectivity index (χ0n) is 13.9. The van der Waals surface area contributed by atoms with Crippen LogP contribution >= 0.6 is 0 Å². The number of rotatable bonds is 10. The van der Waals surface area contributed by atoms with Gasteiger partial charge in [0.1, 0.15) is 5.25 Å². The summed E-state index contributed by atoms with van der Waals surface area (Å²) in [6.07, 6.45) is 3.99. The van der Waals surface area contributed by atoms with Crippen molar-refractivity contribution in [3.8, 4) is 5.75 Å². The Morgan fingerprint density at radius 3 is 2.65 bits per heavy atom. The molecule has 0 fully saturated rings. The lowest BCUT2D eigenvalue weighted by molar-refractivity contribution is -0.142. The number of aromatic nitrogens is 1. The Bertz CT molecular complexity index is 584. The maximum atomic E-state index is 12.2. The summed E-state index contributed by atoms with van der Waals surface area (Å²) in [6, 6.07) is 1.36. The van der Waals surface area contributed by atoms with E-state index in [-0.39, 0.29) is 16.9 Å². The first kappa shape index (κ1) is 19.4. The number of aromatic amines is 1. The molecule has 1 aromatic rings. The van der Waals surface area contributed by atoms with Crippen LogP contribution in [-0.2, 0) is 26.1 Å². The topological polar surface area (TPSA) is 85.5 Å². The van der Waals surface area contributed by atoms with E-state index in [1.165, 1.54) is 12.3 Å². The van der Waals surface area contributed by atoms with Gasteiger partial charge in [0.2, 0.25) is 5.43 Å². The minimum atomic E-state index is -1.46. The molecule has 0 aliphatic rings. The Morgan fingerprint density at radius 2 is 2.04 bits per heavy atom. The van der Waals surface area contributed by atoms with E-state index in [9.17, 15) is 13.8 Å². The summed E-state index contributed by atoms with van der Waals surface area (Å²) in [7, 11) is -1.46. The van der Waals surface area contributed by atoms with Crippen molar-refractivity contribution in [1.29, 1.82) is 0 Å². The van der Waals surface area contributed by atoms with E-state index in [0.29, 0.717) is 18.9 Å². The highest BCUT2D eigenvalue weighted by molar-refractivity contribution is 7.85. The van der Waals surface area contributed by atoms with Crippen molar-refractivity contribution >= 4 is 16.8 Å². The molecule has 0 amide bonds. The fraction of sp³-hybridized carbons (Fsp3) is 0.625. The molecule has 6 nitrogen and oxygen atoms in total. The molecule has 1 heterocycles. The highest BCUT2D eigenvalue weighted by Crippen LogP contribution is 2.08. The zero-order chi connectivity index (χ0) is 17.2. The number of ether oxygens (including phenoxy) is 2. The van der Waals surface area contributed by atoms with Gasteiger partial charge in [0.05, 0.1) is 19.0 Å². The van der Waals surface area contributed by atoms with E-state index in [1.807, 2.05) is 13.8 Å². The highest BCUT2D eigenvalue weighted by atomic mass is 32.2. The minimum Gasteiger partial charge on any atom is -0.488 e. The molecule has 2 unspecified atom stereocenters. The van der Waals surface area contributed by atoms with Crippen LogP contribution in [0.25, 0.3) is 0 Å². The van der Waals surface area contributed by atoms with E-state index < -0.39 is 22.0 Å². The standard InChI is InChI=1S/C16H25NO5S/c1-4-6-8-22-16(19)12(3)23(20)11-13-9-14(18)15(10-17-13)21-7-5-2/h9-10,12H,4-8,11H2,1-3H3,(H,17,18). The number of nitrogens with one attached hydrogen (secondary N) is 1. The normalized spacial score (nSPS) is 13.3. The van der Waals surface area contributed by atoms with E-state index in [1.54, 1.807) is 6.92 Å². The van der Waals surface area contributed by atoms with Gasteiger partial charge < -0.3 is 14.5 Å². The average molecular weight is 343 g/mol. The summed E-state index contributed by atoms with van der Waals surface area (Å²) < 4.78 is 22.6. The third kappa shape index (κ3) is 6.56. The van der Waals surface area contributed by atoms with Gasteiger partial charge in [0, 0.05) is 28.8 Å². The van der Waals surface area contributed by atoms with Crippen LogP contribution < -0.4 is 10.2 Å². The van der Waals surface area contributed by atoms with Crippen LogP contribution in [0.1, 0.15) is 45.7 Å². The van der Waals surface area contributed by atoms with Crippen molar-refractivity contribution in [3.05, 3.63) is 28.2 Å². The lowest BCUT2D eigenvalue weighted by Crippen LogP contribution is -2.26. The second-order valence-corrected chi connectivity index (χ2v) is 6.98. The Morgan fingerprint density at radius 1 is 1.30 bits per heavy atom. The zero-order valence-corrected chi connectivity index (χ0v) is 14.7. The van der Waals surface area contributed by atoms with Gasteiger partial charge in [-0.3, -0.25) is 13.8 Å². The van der Waals surface area contributed by atoms with Crippen LogP contribution in [0, 0.1) is 0 Å². The molecule has 0 radical (unpaired) electrons. The molecule has 1 rings (SSSR count). The third-order valence-corrected chi connectivity index (χ3v) is 4.74. The second-order valence-electron chi connectivity index (χ2n) is 5.22. The number of hydrogen-bond donors (Lipinski definition) is 1. The Balaban J connectivity index is 2.61. The maximum Gasteiger partial charge on any atom is 0.321 e. The third-order valence-electron chi connectivity index (χ3n) is 3.16. The number of esters is 1. The molecule has 0 aliphatic heterocycles. The van der Waals surface area contributed by atoms with E-state index >= 15 is 0 Å². The monoisotopic (exact) mass is 343 g/mol. The Hall–Kier alpha value is -1.63. The molecule has 0 aliphatic carbocycles. The minimum absolute atomic E-state index is 0.0906. The molecular formula is C16H25NO5S. The fourth-order valence-electron chi connectivity index (χ4n) is 1.73. The number of carbonyl (C=O) groups excluding carboxylic acids is 1. The van der Waals surface area contributed by atoms with Gasteiger partial charge in [-0.1, -0.05) is 20.3 Å². The van der Waals surface area contributed by atoms with Crippen LogP contribution in [0.2, 0.25) is 0 Å². The molecule has 0 saturated heterocycles. The largest absolute Gasteiger partial charge is 0.488 e.